The largest absolute Gasteiger partial charge is 0.481 e. The minimum atomic E-state index is -1.96. The number of aliphatic hydroxyl groups excluding tert-OH is 12. The number of aliphatic carboxylic acids is 1. The first kappa shape index (κ1) is 56.9. The minimum Gasteiger partial charge on any atom is -0.481 e. The standard InChI is InChI=1S/C52H82O22/c1-21-10-13-52(47(65)66)15-14-50(6)23(31(52)22(21)2)8-9-30-49(5)16-24(55)42(48(3,4)29(49)11-12-51(30,50)7)74-46-41(39(35(61)28(18-54)70-46)71-43-37(63)32(58)25(56)19-67-43)73-45-40(33(59)26(57)20-68-45)72-44-38(64)36(62)34(60)27(17-53)69-44/h8,22,24-46,53-64H,1,9-20H2,2-7H3,(H,65,66)/t22-,24-,25-,26+,27+,28-,29-,30+,31+,32-,33+,34+,35-,36+,37+,38+,39+,40+,41-,42+,43+,44+,45+,46+,49-,50+,51-,52+/m1/s1. The van der Waals surface area contributed by atoms with Crippen LogP contribution in [0.4, 0.5) is 0 Å². The molecule has 28 atom stereocenters. The van der Waals surface area contributed by atoms with Gasteiger partial charge in [0.1, 0.15) is 85.5 Å². The van der Waals surface area contributed by atoms with E-state index in [-0.39, 0.29) is 40.9 Å². The number of fused-ring (bicyclic) bond motifs is 7. The van der Waals surface area contributed by atoms with Crippen LogP contribution in [0.3, 0.4) is 0 Å². The highest BCUT2D eigenvalue weighted by Gasteiger charge is 2.71. The average molecular weight is 1060 g/mol. The lowest BCUT2D eigenvalue weighted by Crippen LogP contribution is -2.69. The van der Waals surface area contributed by atoms with Gasteiger partial charge < -0.3 is 104 Å². The summed E-state index contributed by atoms with van der Waals surface area (Å²) in [6.07, 6.45) is -26.3. The van der Waals surface area contributed by atoms with Crippen molar-refractivity contribution >= 4 is 5.97 Å². The van der Waals surface area contributed by atoms with Gasteiger partial charge in [0.25, 0.3) is 0 Å². The van der Waals surface area contributed by atoms with Crippen LogP contribution < -0.4 is 0 Å². The van der Waals surface area contributed by atoms with Crippen LogP contribution >= 0.6 is 0 Å². The molecule has 4 aliphatic heterocycles. The Morgan fingerprint density at radius 1 is 0.649 bits per heavy atom. The van der Waals surface area contributed by atoms with Crippen molar-refractivity contribution in [1.29, 1.82) is 0 Å². The van der Waals surface area contributed by atoms with Crippen LogP contribution in [0.5, 0.6) is 0 Å². The van der Waals surface area contributed by atoms with Crippen molar-refractivity contribution in [1.82, 2.24) is 0 Å². The van der Waals surface area contributed by atoms with Crippen LogP contribution in [-0.2, 0) is 42.7 Å². The number of hydrogen-bond acceptors (Lipinski definition) is 21. The highest BCUT2D eigenvalue weighted by Crippen LogP contribution is 2.76. The summed E-state index contributed by atoms with van der Waals surface area (Å²) in [5.41, 5.74) is -0.516. The minimum absolute atomic E-state index is 0.000512. The summed E-state index contributed by atoms with van der Waals surface area (Å²) in [6, 6.07) is 0. The van der Waals surface area contributed by atoms with E-state index in [4.69, 9.17) is 37.9 Å². The predicted molar refractivity (Wildman–Crippen MR) is 252 cm³/mol. The molecule has 0 unspecified atom stereocenters. The summed E-state index contributed by atoms with van der Waals surface area (Å²) in [6.45, 7) is 14.7. The molecule has 422 valence electrons. The molecule has 13 N–H and O–H groups in total. The lowest BCUT2D eigenvalue weighted by molar-refractivity contribution is -0.405. The third-order valence-corrected chi connectivity index (χ3v) is 20.6. The summed E-state index contributed by atoms with van der Waals surface area (Å²) < 4.78 is 48.9. The molecule has 0 bridgehead atoms. The number of ether oxygens (including phenoxy) is 8. The smallest absolute Gasteiger partial charge is 0.310 e. The Balaban J connectivity index is 1.04. The van der Waals surface area contributed by atoms with Crippen molar-refractivity contribution in [2.75, 3.05) is 26.4 Å². The number of allylic oxidation sites excluding steroid dienone is 3. The van der Waals surface area contributed by atoms with Gasteiger partial charge >= 0.3 is 5.97 Å². The summed E-state index contributed by atoms with van der Waals surface area (Å²) in [5.74, 6) is -0.948. The Kier molecular flexibility index (Phi) is 15.9. The third kappa shape index (κ3) is 8.90. The summed E-state index contributed by atoms with van der Waals surface area (Å²) in [7, 11) is 0. The van der Waals surface area contributed by atoms with E-state index in [2.05, 4.69) is 40.3 Å². The molecule has 74 heavy (non-hydrogen) atoms. The molecule has 0 radical (unpaired) electrons. The van der Waals surface area contributed by atoms with E-state index < -0.39 is 171 Å². The second kappa shape index (κ2) is 20.7. The third-order valence-electron chi connectivity index (χ3n) is 20.6. The van der Waals surface area contributed by atoms with Gasteiger partial charge in [0, 0.05) is 5.92 Å². The van der Waals surface area contributed by atoms with Crippen LogP contribution in [0, 0.1) is 50.7 Å². The molecule has 0 spiro atoms. The Hall–Kier alpha value is -1.85. The lowest BCUT2D eigenvalue weighted by atomic mass is 9.33. The van der Waals surface area contributed by atoms with E-state index >= 15 is 0 Å². The molecule has 5 aliphatic carbocycles. The molecule has 22 heteroatoms. The van der Waals surface area contributed by atoms with Crippen molar-refractivity contribution in [3.05, 3.63) is 23.8 Å². The first-order valence-corrected chi connectivity index (χ1v) is 26.5. The average Bonchev–Trinajstić information content (AvgIpc) is 3.35. The van der Waals surface area contributed by atoms with Crippen LogP contribution in [-0.4, -0.2) is 222 Å². The topological polar surface area (TPSA) is 354 Å². The molecule has 9 rings (SSSR count). The van der Waals surface area contributed by atoms with E-state index in [1.807, 2.05) is 13.8 Å². The van der Waals surface area contributed by atoms with Crippen LogP contribution in [0.1, 0.15) is 92.9 Å². The molecule has 4 saturated carbocycles. The van der Waals surface area contributed by atoms with Gasteiger partial charge in [0.2, 0.25) is 0 Å². The van der Waals surface area contributed by atoms with Gasteiger partial charge in [-0.3, -0.25) is 4.79 Å². The zero-order valence-corrected chi connectivity index (χ0v) is 43.1. The first-order chi connectivity index (χ1) is 34.7. The van der Waals surface area contributed by atoms with Crippen molar-refractivity contribution in [2.24, 2.45) is 50.7 Å². The van der Waals surface area contributed by atoms with E-state index in [1.165, 1.54) is 5.57 Å². The van der Waals surface area contributed by atoms with Gasteiger partial charge in [-0.25, -0.2) is 0 Å². The van der Waals surface area contributed by atoms with E-state index in [0.29, 0.717) is 32.1 Å². The van der Waals surface area contributed by atoms with Crippen LogP contribution in [0.25, 0.3) is 0 Å². The number of aliphatic hydroxyl groups is 12. The second-order valence-corrected chi connectivity index (χ2v) is 24.6. The number of carboxylic acid groups (broad SMARTS) is 1. The Morgan fingerprint density at radius 3 is 1.91 bits per heavy atom. The van der Waals surface area contributed by atoms with Gasteiger partial charge in [0.15, 0.2) is 25.2 Å². The van der Waals surface area contributed by atoms with E-state index in [0.717, 1.165) is 18.4 Å². The van der Waals surface area contributed by atoms with Gasteiger partial charge in [0.05, 0.1) is 44.1 Å². The highest BCUT2D eigenvalue weighted by molar-refractivity contribution is 5.77. The number of carbonyl (C=O) groups is 1. The van der Waals surface area contributed by atoms with Crippen LogP contribution in [0.15, 0.2) is 23.8 Å². The fourth-order valence-electron chi connectivity index (χ4n) is 16.1. The number of carboxylic acids is 1. The van der Waals surface area contributed by atoms with E-state index in [1.54, 1.807) is 0 Å². The van der Waals surface area contributed by atoms with Crippen molar-refractivity contribution < 1.29 is 109 Å². The van der Waals surface area contributed by atoms with Gasteiger partial charge in [-0.05, 0) is 90.8 Å². The summed E-state index contributed by atoms with van der Waals surface area (Å²) in [4.78, 5) is 13.3. The summed E-state index contributed by atoms with van der Waals surface area (Å²) >= 11 is 0. The zero-order valence-electron chi connectivity index (χ0n) is 43.1. The molecule has 9 aliphatic rings. The highest BCUT2D eigenvalue weighted by atomic mass is 16.8. The van der Waals surface area contributed by atoms with Gasteiger partial charge in [-0.15, -0.1) is 0 Å². The first-order valence-electron chi connectivity index (χ1n) is 26.5. The fourth-order valence-corrected chi connectivity index (χ4v) is 16.1. The molecular weight excluding hydrogens is 977 g/mol. The molecule has 0 aromatic rings. The molecule has 22 nitrogen and oxygen atoms in total. The quantitative estimate of drug-likeness (QED) is 0.0832. The number of rotatable bonds is 11. The summed E-state index contributed by atoms with van der Waals surface area (Å²) in [5, 5.41) is 142. The lowest BCUT2D eigenvalue weighted by Gasteiger charge is -2.71. The molecule has 0 aromatic carbocycles. The van der Waals surface area contributed by atoms with Gasteiger partial charge in [-0.1, -0.05) is 65.3 Å². The molecule has 0 aromatic heterocycles. The molecule has 4 saturated heterocycles. The van der Waals surface area contributed by atoms with Crippen LogP contribution in [0.2, 0.25) is 0 Å². The number of hydrogen-bond donors (Lipinski definition) is 13. The Labute approximate surface area is 430 Å². The maximum Gasteiger partial charge on any atom is 0.310 e. The monoisotopic (exact) mass is 1060 g/mol. The van der Waals surface area contributed by atoms with Gasteiger partial charge in [-0.2, -0.15) is 0 Å². The van der Waals surface area contributed by atoms with Crippen molar-refractivity contribution in [3.63, 3.8) is 0 Å². The second-order valence-electron chi connectivity index (χ2n) is 24.6. The SMILES string of the molecule is C=C1CC[C@]2(C(=O)O)CC[C@@]3(C)C(=CC[C@H]4[C@]5(C)C[C@@H](O)[C@H](O[C@@H]6O[C@H](CO)[C@@H](O)[C@H](O[C@@H]7OC[C@@H](O)[C@@H](O)[C@@H]7O)[C@H]6O[C@@H]6OC[C@H](O)[C@H](O)[C@@H]6O[C@@H]6O[C@@H](CO)[C@H](O)[C@H](O)[C@@H]6O)C(C)(C)[C@H]5CC[C@]43C)[C@@H]2[C@@H]1C. The maximum absolute atomic E-state index is 13.3. The molecule has 4 heterocycles. The molecule has 8 fully saturated rings. The molecular formula is C52H82O22. The van der Waals surface area contributed by atoms with E-state index in [9.17, 15) is 71.2 Å². The zero-order chi connectivity index (χ0) is 53.9. The Bertz CT molecular complexity index is 2080. The fraction of sp³-hybridized carbons (Fsp3) is 0.904. The van der Waals surface area contributed by atoms with Crippen molar-refractivity contribution in [2.45, 2.75) is 216 Å². The normalized spacial score (nSPS) is 54.5. The van der Waals surface area contributed by atoms with Crippen molar-refractivity contribution in [3.8, 4) is 0 Å². The Morgan fingerprint density at radius 2 is 1.24 bits per heavy atom. The molecule has 0 amide bonds. The predicted octanol–water partition coefficient (Wildman–Crippen LogP) is -1.44. The maximum atomic E-state index is 13.3.